The predicted molar refractivity (Wildman–Crippen MR) is 81.4 cm³/mol. The normalized spacial score (nSPS) is 19.6. The second-order valence-electron chi connectivity index (χ2n) is 5.53. The van der Waals surface area contributed by atoms with Gasteiger partial charge in [0, 0.05) is 32.6 Å². The Morgan fingerprint density at radius 3 is 2.85 bits per heavy atom. The van der Waals surface area contributed by atoms with E-state index in [4.69, 9.17) is 0 Å². The van der Waals surface area contributed by atoms with E-state index in [-0.39, 0.29) is 5.91 Å². The Bertz CT molecular complexity index is 618. The molecule has 2 aromatic rings. The summed E-state index contributed by atoms with van der Waals surface area (Å²) in [6.07, 6.45) is 1.59. The van der Waals surface area contributed by atoms with Crippen LogP contribution in [0.4, 0.5) is 0 Å². The summed E-state index contributed by atoms with van der Waals surface area (Å²) in [4.78, 5) is 13.3. The highest BCUT2D eigenvalue weighted by atomic mass is 16.2. The number of likely N-dealkylation sites (N-methyl/N-ethyl adjacent to an activating group) is 1. The van der Waals surface area contributed by atoms with Crippen molar-refractivity contribution in [3.8, 4) is 0 Å². The molecule has 1 heterocycles. The van der Waals surface area contributed by atoms with Crippen LogP contribution in [0.3, 0.4) is 0 Å². The molecular formula is C17H20N2O. The zero-order valence-corrected chi connectivity index (χ0v) is 11.8. The van der Waals surface area contributed by atoms with Crippen LogP contribution in [-0.2, 0) is 11.3 Å². The van der Waals surface area contributed by atoms with Gasteiger partial charge in [-0.2, -0.15) is 0 Å². The van der Waals surface area contributed by atoms with Gasteiger partial charge >= 0.3 is 0 Å². The summed E-state index contributed by atoms with van der Waals surface area (Å²) in [7, 11) is 1.88. The SMILES string of the molecule is CN1CC(NCc2cccc3ccccc23)CCC1=O. The number of nitrogens with one attached hydrogen (secondary N) is 1. The van der Waals surface area contributed by atoms with Crippen molar-refractivity contribution in [3.63, 3.8) is 0 Å². The smallest absolute Gasteiger partial charge is 0.222 e. The van der Waals surface area contributed by atoms with Crippen LogP contribution in [0.15, 0.2) is 42.5 Å². The third-order valence-electron chi connectivity index (χ3n) is 4.09. The molecular weight excluding hydrogens is 248 g/mol. The first-order valence-corrected chi connectivity index (χ1v) is 7.18. The highest BCUT2D eigenvalue weighted by Gasteiger charge is 2.22. The summed E-state index contributed by atoms with van der Waals surface area (Å²) < 4.78 is 0. The summed E-state index contributed by atoms with van der Waals surface area (Å²) >= 11 is 0. The van der Waals surface area contributed by atoms with Crippen LogP contribution in [0.25, 0.3) is 10.8 Å². The van der Waals surface area contributed by atoms with E-state index in [0.29, 0.717) is 12.5 Å². The van der Waals surface area contributed by atoms with Crippen molar-refractivity contribution in [1.82, 2.24) is 10.2 Å². The topological polar surface area (TPSA) is 32.3 Å². The van der Waals surface area contributed by atoms with Crippen LogP contribution >= 0.6 is 0 Å². The molecule has 3 heteroatoms. The van der Waals surface area contributed by atoms with Gasteiger partial charge in [-0.1, -0.05) is 42.5 Å². The number of carbonyl (C=O) groups excluding carboxylic acids is 1. The Morgan fingerprint density at radius 2 is 2.00 bits per heavy atom. The van der Waals surface area contributed by atoms with Gasteiger partial charge in [-0.05, 0) is 22.8 Å². The molecule has 3 rings (SSSR count). The van der Waals surface area contributed by atoms with Crippen molar-refractivity contribution >= 4 is 16.7 Å². The molecule has 1 aliphatic heterocycles. The average molecular weight is 268 g/mol. The van der Waals surface area contributed by atoms with Crippen LogP contribution in [-0.4, -0.2) is 30.4 Å². The van der Waals surface area contributed by atoms with Crippen LogP contribution in [0.2, 0.25) is 0 Å². The Morgan fingerprint density at radius 1 is 1.20 bits per heavy atom. The summed E-state index contributed by atoms with van der Waals surface area (Å²) in [6.45, 7) is 1.66. The van der Waals surface area contributed by atoms with Gasteiger partial charge in [-0.3, -0.25) is 4.79 Å². The molecule has 2 aromatic carbocycles. The molecule has 3 nitrogen and oxygen atoms in total. The number of fused-ring (bicyclic) bond motifs is 1. The molecule has 0 spiro atoms. The molecule has 1 aliphatic rings. The lowest BCUT2D eigenvalue weighted by molar-refractivity contribution is -0.132. The van der Waals surface area contributed by atoms with E-state index in [0.717, 1.165) is 19.5 Å². The van der Waals surface area contributed by atoms with Gasteiger partial charge in [0.25, 0.3) is 0 Å². The minimum absolute atomic E-state index is 0.258. The molecule has 20 heavy (non-hydrogen) atoms. The highest BCUT2D eigenvalue weighted by Crippen LogP contribution is 2.19. The lowest BCUT2D eigenvalue weighted by Gasteiger charge is -2.30. The first-order chi connectivity index (χ1) is 9.74. The molecule has 0 saturated carbocycles. The van der Waals surface area contributed by atoms with Gasteiger partial charge < -0.3 is 10.2 Å². The van der Waals surface area contributed by atoms with Crippen molar-refractivity contribution in [2.45, 2.75) is 25.4 Å². The molecule has 0 radical (unpaired) electrons. The van der Waals surface area contributed by atoms with Crippen molar-refractivity contribution in [2.75, 3.05) is 13.6 Å². The van der Waals surface area contributed by atoms with Gasteiger partial charge in [0.05, 0.1) is 0 Å². The van der Waals surface area contributed by atoms with E-state index in [1.54, 1.807) is 0 Å². The Labute approximate surface area is 119 Å². The second kappa shape index (κ2) is 5.63. The largest absolute Gasteiger partial charge is 0.344 e. The lowest BCUT2D eigenvalue weighted by atomic mass is 10.0. The maximum absolute atomic E-state index is 11.5. The number of carbonyl (C=O) groups is 1. The van der Waals surface area contributed by atoms with Crippen LogP contribution < -0.4 is 5.32 Å². The third-order valence-corrected chi connectivity index (χ3v) is 4.09. The summed E-state index contributed by atoms with van der Waals surface area (Å²) in [5.74, 6) is 0.258. The van der Waals surface area contributed by atoms with E-state index in [1.807, 2.05) is 11.9 Å². The number of amides is 1. The Hall–Kier alpha value is -1.87. The van der Waals surface area contributed by atoms with E-state index in [2.05, 4.69) is 47.8 Å². The monoisotopic (exact) mass is 268 g/mol. The van der Waals surface area contributed by atoms with Crippen LogP contribution in [0.1, 0.15) is 18.4 Å². The van der Waals surface area contributed by atoms with E-state index in [1.165, 1.54) is 16.3 Å². The number of benzene rings is 2. The fraction of sp³-hybridized carbons (Fsp3) is 0.353. The minimum Gasteiger partial charge on any atom is -0.344 e. The summed E-state index contributed by atoms with van der Waals surface area (Å²) in [6, 6.07) is 15.3. The minimum atomic E-state index is 0.258. The van der Waals surface area contributed by atoms with Gasteiger partial charge in [-0.25, -0.2) is 0 Å². The summed E-state index contributed by atoms with van der Waals surface area (Å²) in [5, 5.41) is 6.18. The number of hydrogen-bond donors (Lipinski definition) is 1. The second-order valence-corrected chi connectivity index (χ2v) is 5.53. The maximum Gasteiger partial charge on any atom is 0.222 e. The van der Waals surface area contributed by atoms with Gasteiger partial charge in [0.2, 0.25) is 5.91 Å². The molecule has 1 N–H and O–H groups in total. The molecule has 1 fully saturated rings. The predicted octanol–water partition coefficient (Wildman–Crippen LogP) is 2.55. The van der Waals surface area contributed by atoms with Crippen molar-refractivity contribution in [3.05, 3.63) is 48.0 Å². The van der Waals surface area contributed by atoms with Gasteiger partial charge in [-0.15, -0.1) is 0 Å². The average Bonchev–Trinajstić information content (AvgIpc) is 2.48. The van der Waals surface area contributed by atoms with E-state index in [9.17, 15) is 4.79 Å². The molecule has 0 bridgehead atoms. The Balaban J connectivity index is 1.70. The maximum atomic E-state index is 11.5. The van der Waals surface area contributed by atoms with Crippen molar-refractivity contribution in [2.24, 2.45) is 0 Å². The fourth-order valence-electron chi connectivity index (χ4n) is 2.88. The van der Waals surface area contributed by atoms with Gasteiger partial charge in [0.15, 0.2) is 0 Å². The molecule has 1 atom stereocenters. The molecule has 1 unspecified atom stereocenters. The zero-order valence-electron chi connectivity index (χ0n) is 11.8. The van der Waals surface area contributed by atoms with Crippen LogP contribution in [0.5, 0.6) is 0 Å². The first kappa shape index (κ1) is 13.1. The van der Waals surface area contributed by atoms with Crippen molar-refractivity contribution < 1.29 is 4.79 Å². The van der Waals surface area contributed by atoms with Gasteiger partial charge in [0.1, 0.15) is 0 Å². The molecule has 104 valence electrons. The number of piperidine rings is 1. The molecule has 0 aromatic heterocycles. The van der Waals surface area contributed by atoms with Crippen LogP contribution in [0, 0.1) is 0 Å². The molecule has 0 aliphatic carbocycles. The molecule has 1 amide bonds. The fourth-order valence-corrected chi connectivity index (χ4v) is 2.88. The molecule has 1 saturated heterocycles. The van der Waals surface area contributed by atoms with E-state index < -0.39 is 0 Å². The number of rotatable bonds is 3. The number of hydrogen-bond acceptors (Lipinski definition) is 2. The highest BCUT2D eigenvalue weighted by molar-refractivity contribution is 5.85. The standard InChI is InChI=1S/C17H20N2O/c1-19-12-15(9-10-17(19)20)18-11-14-7-4-6-13-5-2-3-8-16(13)14/h2-8,15,18H,9-12H2,1H3. The quantitative estimate of drug-likeness (QED) is 0.928. The third kappa shape index (κ3) is 2.68. The lowest BCUT2D eigenvalue weighted by Crippen LogP contribution is -2.46. The number of likely N-dealkylation sites (tertiary alicyclic amines) is 1. The van der Waals surface area contributed by atoms with Crippen molar-refractivity contribution in [1.29, 1.82) is 0 Å². The number of nitrogens with zero attached hydrogens (tertiary/aromatic N) is 1. The Kier molecular flexibility index (Phi) is 3.70. The van der Waals surface area contributed by atoms with E-state index >= 15 is 0 Å². The zero-order chi connectivity index (χ0) is 13.9. The summed E-state index contributed by atoms with van der Waals surface area (Å²) in [5.41, 5.74) is 1.32. The first-order valence-electron chi connectivity index (χ1n) is 7.18.